The highest BCUT2D eigenvalue weighted by Gasteiger charge is 2.36. The Morgan fingerprint density at radius 3 is 2.96 bits per heavy atom. The normalized spacial score (nSPS) is 25.0. The number of carbonyl (C=O) groups is 2. The number of unbranched alkanes of at least 4 members (excludes halogenated alkanes) is 1. The van der Waals surface area contributed by atoms with Crippen LogP contribution in [0.1, 0.15) is 37.5 Å². The molecule has 0 spiro atoms. The number of fused-ring (bicyclic) bond motifs is 3. The van der Waals surface area contributed by atoms with E-state index in [0.29, 0.717) is 58.8 Å². The third kappa shape index (κ3) is 4.17. The summed E-state index contributed by atoms with van der Waals surface area (Å²) in [6, 6.07) is 1.88. The summed E-state index contributed by atoms with van der Waals surface area (Å²) >= 11 is 0. The molecular formula is C19H28N4O4. The Kier molecular flexibility index (Phi) is 5.75. The molecule has 2 unspecified atom stereocenters. The van der Waals surface area contributed by atoms with Crippen LogP contribution < -0.4 is 15.4 Å². The Bertz CT molecular complexity index is 683. The van der Waals surface area contributed by atoms with E-state index in [1.165, 1.54) is 0 Å². The summed E-state index contributed by atoms with van der Waals surface area (Å²) in [5.74, 6) is 1.31. The minimum Gasteiger partial charge on any atom is -0.492 e. The van der Waals surface area contributed by atoms with E-state index in [1.54, 1.807) is 0 Å². The second-order valence-corrected chi connectivity index (χ2v) is 7.35. The molecule has 8 nitrogen and oxygen atoms in total. The van der Waals surface area contributed by atoms with E-state index >= 15 is 0 Å². The lowest BCUT2D eigenvalue weighted by atomic mass is 10.0. The number of morpholine rings is 1. The summed E-state index contributed by atoms with van der Waals surface area (Å²) < 4.78 is 13.3. The fourth-order valence-electron chi connectivity index (χ4n) is 4.01. The van der Waals surface area contributed by atoms with Crippen LogP contribution in [0.5, 0.6) is 5.75 Å². The zero-order valence-electron chi connectivity index (χ0n) is 15.6. The van der Waals surface area contributed by atoms with Crippen LogP contribution in [0.4, 0.5) is 0 Å². The van der Waals surface area contributed by atoms with Gasteiger partial charge in [0.1, 0.15) is 18.0 Å². The molecule has 3 aliphatic rings. The number of nitrogens with one attached hydrogen (secondary N) is 2. The van der Waals surface area contributed by atoms with Crippen LogP contribution in [0.25, 0.3) is 0 Å². The quantitative estimate of drug-likeness (QED) is 0.701. The molecule has 1 aromatic rings. The van der Waals surface area contributed by atoms with Gasteiger partial charge in [-0.1, -0.05) is 0 Å². The van der Waals surface area contributed by atoms with Gasteiger partial charge in [0, 0.05) is 57.0 Å². The van der Waals surface area contributed by atoms with Crippen LogP contribution in [-0.4, -0.2) is 66.7 Å². The summed E-state index contributed by atoms with van der Waals surface area (Å²) in [6.07, 6.45) is 4.77. The van der Waals surface area contributed by atoms with Crippen molar-refractivity contribution in [1.82, 2.24) is 20.1 Å². The topological polar surface area (TPSA) is 84.8 Å². The first-order chi connectivity index (χ1) is 13.2. The van der Waals surface area contributed by atoms with Crippen molar-refractivity contribution in [2.24, 2.45) is 0 Å². The number of Topliss-reactive ketones (excluding diaryl/α,β-unsaturated/α-hetero) is 1. The molecule has 148 valence electrons. The number of carbonyl (C=O) groups excluding carboxylic acids is 2. The fraction of sp³-hybridized carbons (Fsp3) is 0.684. The molecular weight excluding hydrogens is 348 g/mol. The summed E-state index contributed by atoms with van der Waals surface area (Å²) in [5, 5.41) is 6.73. The summed E-state index contributed by atoms with van der Waals surface area (Å²) in [5.41, 5.74) is 1.12. The number of piperidine rings is 1. The van der Waals surface area contributed by atoms with E-state index in [-0.39, 0.29) is 23.9 Å². The fourth-order valence-corrected chi connectivity index (χ4v) is 4.01. The van der Waals surface area contributed by atoms with Gasteiger partial charge in [0.25, 0.3) is 0 Å². The maximum absolute atomic E-state index is 12.1. The van der Waals surface area contributed by atoms with Gasteiger partial charge in [0.05, 0.1) is 19.8 Å². The zero-order valence-corrected chi connectivity index (χ0v) is 15.6. The van der Waals surface area contributed by atoms with Gasteiger partial charge in [0.2, 0.25) is 5.91 Å². The predicted molar refractivity (Wildman–Crippen MR) is 98.5 cm³/mol. The number of hydrogen-bond acceptors (Lipinski definition) is 6. The molecule has 0 aliphatic carbocycles. The Morgan fingerprint density at radius 1 is 1.26 bits per heavy atom. The van der Waals surface area contributed by atoms with E-state index in [2.05, 4.69) is 15.2 Å². The van der Waals surface area contributed by atoms with Crippen molar-refractivity contribution in [2.75, 3.05) is 39.5 Å². The van der Waals surface area contributed by atoms with E-state index in [4.69, 9.17) is 9.47 Å². The van der Waals surface area contributed by atoms with Gasteiger partial charge in [-0.15, -0.1) is 0 Å². The Morgan fingerprint density at radius 2 is 2.11 bits per heavy atom. The minimum atomic E-state index is -0.155. The van der Waals surface area contributed by atoms with E-state index in [1.807, 2.05) is 17.2 Å². The molecule has 2 fully saturated rings. The standard InChI is InChI=1S/C19H28N4O4/c24-16-4-5-20-19-18(16)21-12-14-11-15(13-23(14)19)27-8-2-1-3-17(25)22-6-9-26-10-7-22/h11,13,18-21H,1-10,12H2. The van der Waals surface area contributed by atoms with Crippen molar-refractivity contribution in [2.45, 2.75) is 44.4 Å². The van der Waals surface area contributed by atoms with Crippen molar-refractivity contribution < 1.29 is 19.1 Å². The molecule has 0 saturated carbocycles. The first-order valence-corrected chi connectivity index (χ1v) is 9.91. The number of ether oxygens (including phenoxy) is 2. The van der Waals surface area contributed by atoms with Crippen molar-refractivity contribution in [3.8, 4) is 5.75 Å². The monoisotopic (exact) mass is 376 g/mol. The van der Waals surface area contributed by atoms with Crippen LogP contribution in [0.15, 0.2) is 12.3 Å². The molecule has 2 saturated heterocycles. The van der Waals surface area contributed by atoms with E-state index in [0.717, 1.165) is 24.3 Å². The number of aromatic nitrogens is 1. The second kappa shape index (κ2) is 8.41. The van der Waals surface area contributed by atoms with E-state index in [9.17, 15) is 9.59 Å². The lowest BCUT2D eigenvalue weighted by Crippen LogP contribution is -2.56. The molecule has 27 heavy (non-hydrogen) atoms. The van der Waals surface area contributed by atoms with Gasteiger partial charge in [-0.2, -0.15) is 0 Å². The van der Waals surface area contributed by atoms with Crippen molar-refractivity contribution in [3.63, 3.8) is 0 Å². The van der Waals surface area contributed by atoms with Gasteiger partial charge >= 0.3 is 0 Å². The predicted octanol–water partition coefficient (Wildman–Crippen LogP) is 0.429. The molecule has 4 heterocycles. The highest BCUT2D eigenvalue weighted by molar-refractivity contribution is 5.85. The van der Waals surface area contributed by atoms with Crippen molar-refractivity contribution in [3.05, 3.63) is 18.0 Å². The third-order valence-electron chi connectivity index (χ3n) is 5.51. The summed E-state index contributed by atoms with van der Waals surface area (Å²) in [7, 11) is 0. The Hall–Kier alpha value is -1.90. The lowest BCUT2D eigenvalue weighted by Gasteiger charge is -2.37. The van der Waals surface area contributed by atoms with Gasteiger partial charge in [-0.25, -0.2) is 0 Å². The maximum Gasteiger partial charge on any atom is 0.222 e. The van der Waals surface area contributed by atoms with Gasteiger partial charge in [-0.3, -0.25) is 20.2 Å². The molecule has 1 amide bonds. The van der Waals surface area contributed by atoms with Crippen LogP contribution >= 0.6 is 0 Å². The molecule has 0 aromatic carbocycles. The largest absolute Gasteiger partial charge is 0.492 e. The minimum absolute atomic E-state index is 0.0292. The molecule has 2 atom stereocenters. The summed E-state index contributed by atoms with van der Waals surface area (Å²) in [4.78, 5) is 26.1. The lowest BCUT2D eigenvalue weighted by molar-refractivity contribution is -0.135. The van der Waals surface area contributed by atoms with Crippen LogP contribution in [0.2, 0.25) is 0 Å². The maximum atomic E-state index is 12.1. The zero-order chi connectivity index (χ0) is 18.6. The SMILES string of the molecule is O=C1CCNC2C1NCc1cc(OCCCCC(=O)N3CCOCC3)cn12. The molecule has 4 rings (SSSR count). The van der Waals surface area contributed by atoms with Crippen LogP contribution in [0.3, 0.4) is 0 Å². The number of ketones is 1. The first-order valence-electron chi connectivity index (χ1n) is 9.91. The van der Waals surface area contributed by atoms with Gasteiger partial charge in [-0.05, 0) is 12.8 Å². The number of rotatable bonds is 6. The van der Waals surface area contributed by atoms with Crippen molar-refractivity contribution >= 4 is 11.7 Å². The average molecular weight is 376 g/mol. The first kappa shape index (κ1) is 18.5. The number of nitrogens with zero attached hydrogens (tertiary/aromatic N) is 2. The van der Waals surface area contributed by atoms with Gasteiger partial charge < -0.3 is 18.9 Å². The molecule has 0 radical (unpaired) electrons. The molecule has 8 heteroatoms. The number of hydrogen-bond donors (Lipinski definition) is 2. The molecule has 0 bridgehead atoms. The van der Waals surface area contributed by atoms with Gasteiger partial charge in [0.15, 0.2) is 5.78 Å². The Balaban J connectivity index is 1.22. The third-order valence-corrected chi connectivity index (χ3v) is 5.51. The number of amides is 1. The molecule has 1 aromatic heterocycles. The van der Waals surface area contributed by atoms with E-state index < -0.39 is 0 Å². The average Bonchev–Trinajstić information content (AvgIpc) is 3.12. The highest BCUT2D eigenvalue weighted by Crippen LogP contribution is 2.28. The van der Waals surface area contributed by atoms with Crippen molar-refractivity contribution in [1.29, 1.82) is 0 Å². The summed E-state index contributed by atoms with van der Waals surface area (Å²) in [6.45, 7) is 4.68. The van der Waals surface area contributed by atoms with Crippen LogP contribution in [0, 0.1) is 0 Å². The molecule has 2 N–H and O–H groups in total. The Labute approximate surface area is 159 Å². The molecule has 3 aliphatic heterocycles. The smallest absolute Gasteiger partial charge is 0.222 e. The second-order valence-electron chi connectivity index (χ2n) is 7.35. The highest BCUT2D eigenvalue weighted by atomic mass is 16.5. The van der Waals surface area contributed by atoms with Crippen LogP contribution in [-0.2, 0) is 20.9 Å².